The van der Waals surface area contributed by atoms with Crippen molar-refractivity contribution in [1.29, 1.82) is 0 Å². The summed E-state index contributed by atoms with van der Waals surface area (Å²) >= 11 is 0. The fourth-order valence-electron chi connectivity index (χ4n) is 4.59. The molecule has 7 nitrogen and oxygen atoms in total. The minimum Gasteiger partial charge on any atom is -0.490 e. The summed E-state index contributed by atoms with van der Waals surface area (Å²) < 4.78 is 5.86. The third-order valence-electron chi connectivity index (χ3n) is 6.42. The minimum atomic E-state index is -0.0264. The summed E-state index contributed by atoms with van der Waals surface area (Å²) in [6, 6.07) is 1.96. The van der Waals surface area contributed by atoms with E-state index in [0.717, 1.165) is 38.0 Å². The molecule has 1 aromatic heterocycles. The van der Waals surface area contributed by atoms with Crippen molar-refractivity contribution < 1.29 is 14.3 Å². The highest BCUT2D eigenvalue weighted by Gasteiger charge is 2.44. The van der Waals surface area contributed by atoms with E-state index >= 15 is 0 Å². The summed E-state index contributed by atoms with van der Waals surface area (Å²) in [6.45, 7) is 4.86. The highest BCUT2D eigenvalue weighted by atomic mass is 16.5. The van der Waals surface area contributed by atoms with Gasteiger partial charge in [0.25, 0.3) is 5.91 Å². The molecule has 1 aliphatic carbocycles. The zero-order valence-corrected chi connectivity index (χ0v) is 15.7. The quantitative estimate of drug-likeness (QED) is 0.861. The Labute approximate surface area is 159 Å². The second-order valence-electron chi connectivity index (χ2n) is 8.62. The smallest absolute Gasteiger partial charge is 0.255 e. The molecule has 1 spiro atoms. The van der Waals surface area contributed by atoms with Crippen LogP contribution in [-0.4, -0.2) is 64.4 Å². The summed E-state index contributed by atoms with van der Waals surface area (Å²) in [7, 11) is 0. The minimum absolute atomic E-state index is 0.0264. The van der Waals surface area contributed by atoms with Crippen LogP contribution in [0.4, 0.5) is 5.82 Å². The summed E-state index contributed by atoms with van der Waals surface area (Å²) in [5.41, 5.74) is 0.717. The van der Waals surface area contributed by atoms with Crippen molar-refractivity contribution in [2.45, 2.75) is 50.6 Å². The number of ether oxygens (including phenoxy) is 1. The Morgan fingerprint density at radius 1 is 1.33 bits per heavy atom. The van der Waals surface area contributed by atoms with E-state index in [1.165, 1.54) is 0 Å². The van der Waals surface area contributed by atoms with E-state index < -0.39 is 0 Å². The monoisotopic (exact) mass is 370 g/mol. The zero-order valence-electron chi connectivity index (χ0n) is 15.7. The fourth-order valence-corrected chi connectivity index (χ4v) is 4.59. The van der Waals surface area contributed by atoms with Crippen LogP contribution in [-0.2, 0) is 4.79 Å². The molecule has 1 saturated carbocycles. The molecule has 1 N–H and O–H groups in total. The number of hydrogen-bond acceptors (Lipinski definition) is 5. The molecule has 3 fully saturated rings. The number of carbonyl (C=O) groups excluding carboxylic acids is 2. The number of likely N-dealkylation sites (tertiary alicyclic amines) is 2. The molecule has 3 aliphatic heterocycles. The van der Waals surface area contributed by atoms with Crippen molar-refractivity contribution in [1.82, 2.24) is 14.8 Å². The normalized spacial score (nSPS) is 28.6. The largest absolute Gasteiger partial charge is 0.490 e. The van der Waals surface area contributed by atoms with Gasteiger partial charge in [-0.2, -0.15) is 0 Å². The lowest BCUT2D eigenvalue weighted by Gasteiger charge is -2.24. The summed E-state index contributed by atoms with van der Waals surface area (Å²) in [6.07, 6.45) is 6.41. The molecule has 0 aromatic carbocycles. The standard InChI is InChI=1S/C20H26N4O3/c1-13-8-17(25)24(11-13)15-2-6-23(12-15)19(26)14-9-16-18(21-10-14)22-20(3-4-20)5-7-27-16/h9-10,13,15H,2-8,11-12H2,1H3,(H,21,22)/t13?,15-/m0/s1. The number of anilines is 1. The van der Waals surface area contributed by atoms with Crippen LogP contribution >= 0.6 is 0 Å². The predicted molar refractivity (Wildman–Crippen MR) is 99.7 cm³/mol. The highest BCUT2D eigenvalue weighted by molar-refractivity contribution is 5.95. The van der Waals surface area contributed by atoms with Crippen LogP contribution in [0.5, 0.6) is 5.75 Å². The molecule has 27 heavy (non-hydrogen) atoms. The summed E-state index contributed by atoms with van der Waals surface area (Å²) in [4.78, 5) is 33.4. The highest BCUT2D eigenvalue weighted by Crippen LogP contribution is 2.45. The molecule has 2 amide bonds. The Kier molecular flexibility index (Phi) is 3.81. The van der Waals surface area contributed by atoms with Crippen molar-refractivity contribution in [2.75, 3.05) is 31.6 Å². The number of fused-ring (bicyclic) bond motifs is 1. The van der Waals surface area contributed by atoms with Crippen LogP contribution in [0.15, 0.2) is 12.3 Å². The SMILES string of the molecule is CC1CC(=O)N([C@H]2CCN(C(=O)c3cnc4c(c3)OCCC3(CC3)N4)C2)C1. The molecule has 4 heterocycles. The molecule has 4 aliphatic rings. The Balaban J connectivity index is 1.29. The molecule has 2 saturated heterocycles. The summed E-state index contributed by atoms with van der Waals surface area (Å²) in [5.74, 6) is 2.03. The van der Waals surface area contributed by atoms with Gasteiger partial charge in [0.2, 0.25) is 5.91 Å². The van der Waals surface area contributed by atoms with E-state index in [4.69, 9.17) is 4.74 Å². The van der Waals surface area contributed by atoms with Gasteiger partial charge >= 0.3 is 0 Å². The average molecular weight is 370 g/mol. The predicted octanol–water partition coefficient (Wildman–Crippen LogP) is 1.89. The van der Waals surface area contributed by atoms with Crippen LogP contribution in [0.1, 0.15) is 49.4 Å². The van der Waals surface area contributed by atoms with Gasteiger partial charge in [0.15, 0.2) is 11.6 Å². The van der Waals surface area contributed by atoms with E-state index in [-0.39, 0.29) is 23.4 Å². The number of aromatic nitrogens is 1. The van der Waals surface area contributed by atoms with Crippen LogP contribution in [0.3, 0.4) is 0 Å². The second kappa shape index (κ2) is 6.11. The lowest BCUT2D eigenvalue weighted by atomic mass is 10.2. The van der Waals surface area contributed by atoms with Crippen molar-refractivity contribution >= 4 is 17.6 Å². The number of nitrogens with one attached hydrogen (secondary N) is 1. The van der Waals surface area contributed by atoms with Gasteiger partial charge in [0.1, 0.15) is 0 Å². The van der Waals surface area contributed by atoms with Crippen LogP contribution in [0.25, 0.3) is 0 Å². The van der Waals surface area contributed by atoms with Crippen LogP contribution in [0, 0.1) is 5.92 Å². The number of pyridine rings is 1. The lowest BCUT2D eigenvalue weighted by molar-refractivity contribution is -0.129. The van der Waals surface area contributed by atoms with Gasteiger partial charge < -0.3 is 19.9 Å². The first-order valence-corrected chi connectivity index (χ1v) is 10.0. The molecule has 1 aromatic rings. The first kappa shape index (κ1) is 16.8. The molecule has 1 unspecified atom stereocenters. The van der Waals surface area contributed by atoms with E-state index in [1.54, 1.807) is 6.20 Å². The molecule has 144 valence electrons. The van der Waals surface area contributed by atoms with Crippen molar-refractivity contribution in [2.24, 2.45) is 5.92 Å². The Morgan fingerprint density at radius 2 is 2.19 bits per heavy atom. The fraction of sp³-hybridized carbons (Fsp3) is 0.650. The van der Waals surface area contributed by atoms with Crippen molar-refractivity contribution in [3.05, 3.63) is 17.8 Å². The maximum atomic E-state index is 13.0. The Bertz CT molecular complexity index is 791. The van der Waals surface area contributed by atoms with Gasteiger partial charge in [-0.25, -0.2) is 4.98 Å². The second-order valence-corrected chi connectivity index (χ2v) is 8.62. The number of hydrogen-bond donors (Lipinski definition) is 1. The molecule has 2 atom stereocenters. The van der Waals surface area contributed by atoms with Gasteiger partial charge in [0, 0.05) is 44.2 Å². The molecular formula is C20H26N4O3. The topological polar surface area (TPSA) is 74.8 Å². The van der Waals surface area contributed by atoms with Crippen LogP contribution < -0.4 is 10.1 Å². The molecule has 5 rings (SSSR count). The number of carbonyl (C=O) groups is 2. The van der Waals surface area contributed by atoms with E-state index in [9.17, 15) is 9.59 Å². The first-order valence-electron chi connectivity index (χ1n) is 10.0. The Morgan fingerprint density at radius 3 is 2.93 bits per heavy atom. The van der Waals surface area contributed by atoms with Crippen LogP contribution in [0.2, 0.25) is 0 Å². The maximum Gasteiger partial charge on any atom is 0.255 e. The number of rotatable bonds is 2. The van der Waals surface area contributed by atoms with Gasteiger partial charge in [-0.3, -0.25) is 9.59 Å². The third kappa shape index (κ3) is 3.03. The third-order valence-corrected chi connectivity index (χ3v) is 6.42. The van der Waals surface area contributed by atoms with Crippen molar-refractivity contribution in [3.8, 4) is 5.75 Å². The molecule has 0 bridgehead atoms. The van der Waals surface area contributed by atoms with E-state index in [2.05, 4.69) is 17.2 Å². The first-order chi connectivity index (χ1) is 13.0. The van der Waals surface area contributed by atoms with Gasteiger partial charge in [-0.05, 0) is 31.2 Å². The van der Waals surface area contributed by atoms with Gasteiger partial charge in [0.05, 0.1) is 18.2 Å². The Hall–Kier alpha value is -2.31. The van der Waals surface area contributed by atoms with Crippen molar-refractivity contribution in [3.63, 3.8) is 0 Å². The maximum absolute atomic E-state index is 13.0. The number of amides is 2. The zero-order chi connectivity index (χ0) is 18.6. The van der Waals surface area contributed by atoms with E-state index in [1.807, 2.05) is 15.9 Å². The average Bonchev–Trinajstić information content (AvgIpc) is 3.14. The lowest BCUT2D eigenvalue weighted by Crippen LogP contribution is -2.39. The van der Waals surface area contributed by atoms with Gasteiger partial charge in [-0.15, -0.1) is 0 Å². The number of nitrogens with zero attached hydrogens (tertiary/aromatic N) is 3. The molecular weight excluding hydrogens is 344 g/mol. The van der Waals surface area contributed by atoms with Gasteiger partial charge in [-0.1, -0.05) is 6.92 Å². The molecule has 7 heteroatoms. The van der Waals surface area contributed by atoms with E-state index in [0.29, 0.717) is 43.3 Å². The summed E-state index contributed by atoms with van der Waals surface area (Å²) in [5, 5.41) is 3.49. The molecule has 0 radical (unpaired) electrons.